The van der Waals surface area contributed by atoms with Gasteiger partial charge < -0.3 is 15.0 Å². The van der Waals surface area contributed by atoms with Gasteiger partial charge in [0.1, 0.15) is 0 Å². The van der Waals surface area contributed by atoms with Gasteiger partial charge in [0.25, 0.3) is 0 Å². The van der Waals surface area contributed by atoms with Crippen LogP contribution in [0.15, 0.2) is 6.07 Å². The standard InChI is InChI=1S/C20H27N3O5S/c1-28-20(25)23-10-8-15(9-11-23)29(26,27)22-19(24)21-18-16-6-2-4-13(16)12-14-5-3-7-17(14)18/h12,15H,2-11H2,1H3,(H2,21,22,24). The van der Waals surface area contributed by atoms with Crippen molar-refractivity contribution in [2.45, 2.75) is 56.6 Å². The second-order valence-corrected chi connectivity index (χ2v) is 9.95. The summed E-state index contributed by atoms with van der Waals surface area (Å²) in [6.07, 6.45) is 6.05. The highest BCUT2D eigenvalue weighted by atomic mass is 32.2. The number of likely N-dealkylation sites (tertiary alicyclic amines) is 1. The van der Waals surface area contributed by atoms with Crippen LogP contribution in [0.3, 0.4) is 0 Å². The number of anilines is 1. The fraction of sp³-hybridized carbons (Fsp3) is 0.600. The topological polar surface area (TPSA) is 105 Å². The number of hydrogen-bond acceptors (Lipinski definition) is 5. The zero-order valence-corrected chi connectivity index (χ0v) is 17.4. The summed E-state index contributed by atoms with van der Waals surface area (Å²) in [7, 11) is -2.53. The largest absolute Gasteiger partial charge is 0.453 e. The average molecular weight is 422 g/mol. The number of rotatable bonds is 3. The van der Waals surface area contributed by atoms with Gasteiger partial charge in [-0.05, 0) is 73.6 Å². The first-order valence-corrected chi connectivity index (χ1v) is 11.8. The summed E-state index contributed by atoms with van der Waals surface area (Å²) in [5.74, 6) is 0. The van der Waals surface area contributed by atoms with Crippen LogP contribution in [0.2, 0.25) is 0 Å². The quantitative estimate of drug-likeness (QED) is 0.779. The lowest BCUT2D eigenvalue weighted by molar-refractivity contribution is 0.115. The van der Waals surface area contributed by atoms with Crippen LogP contribution in [0.5, 0.6) is 0 Å². The summed E-state index contributed by atoms with van der Waals surface area (Å²) in [6.45, 7) is 0.582. The molecule has 1 saturated heterocycles. The average Bonchev–Trinajstić information content (AvgIpc) is 3.36. The minimum Gasteiger partial charge on any atom is -0.453 e. The molecule has 4 rings (SSSR count). The summed E-state index contributed by atoms with van der Waals surface area (Å²) in [5, 5.41) is 2.15. The molecule has 0 aromatic heterocycles. The molecule has 3 amide bonds. The van der Waals surface area contributed by atoms with Crippen LogP contribution in [0, 0.1) is 0 Å². The van der Waals surface area contributed by atoms with E-state index in [9.17, 15) is 18.0 Å². The SMILES string of the molecule is COC(=O)N1CCC(S(=O)(=O)NC(=O)Nc2c3c(cc4c2CCC4)CCC3)CC1. The van der Waals surface area contributed by atoms with Crippen molar-refractivity contribution in [2.75, 3.05) is 25.5 Å². The Morgan fingerprint density at radius 3 is 2.17 bits per heavy atom. The van der Waals surface area contributed by atoms with Gasteiger partial charge in [0.05, 0.1) is 12.4 Å². The molecule has 158 valence electrons. The number of piperidine rings is 1. The number of carbonyl (C=O) groups is 2. The zero-order valence-electron chi connectivity index (χ0n) is 16.6. The molecule has 3 aliphatic rings. The van der Waals surface area contributed by atoms with E-state index in [1.807, 2.05) is 0 Å². The lowest BCUT2D eigenvalue weighted by Gasteiger charge is -2.30. The maximum Gasteiger partial charge on any atom is 0.409 e. The molecule has 9 heteroatoms. The van der Waals surface area contributed by atoms with Crippen LogP contribution >= 0.6 is 0 Å². The van der Waals surface area contributed by atoms with E-state index in [4.69, 9.17) is 0 Å². The summed E-state index contributed by atoms with van der Waals surface area (Å²) < 4.78 is 32.3. The van der Waals surface area contributed by atoms with E-state index in [1.54, 1.807) is 0 Å². The molecule has 29 heavy (non-hydrogen) atoms. The molecule has 0 bridgehead atoms. The summed E-state index contributed by atoms with van der Waals surface area (Å²) in [6, 6.07) is 1.56. The van der Waals surface area contributed by atoms with Crippen LogP contribution in [0.1, 0.15) is 47.9 Å². The normalized spacial score (nSPS) is 18.9. The summed E-state index contributed by atoms with van der Waals surface area (Å²) >= 11 is 0. The third-order valence-electron chi connectivity index (χ3n) is 6.26. The fourth-order valence-electron chi connectivity index (χ4n) is 4.80. The molecule has 0 radical (unpaired) electrons. The van der Waals surface area contributed by atoms with Gasteiger partial charge in [-0.25, -0.2) is 22.7 Å². The Hall–Kier alpha value is -2.29. The smallest absolute Gasteiger partial charge is 0.409 e. The number of urea groups is 1. The first kappa shape index (κ1) is 20.0. The molecule has 0 atom stereocenters. The van der Waals surface area contributed by atoms with Crippen molar-refractivity contribution < 1.29 is 22.7 Å². The van der Waals surface area contributed by atoms with Crippen molar-refractivity contribution in [1.29, 1.82) is 0 Å². The molecule has 1 aromatic rings. The highest BCUT2D eigenvalue weighted by molar-refractivity contribution is 7.90. The second-order valence-electron chi connectivity index (χ2n) is 7.99. The van der Waals surface area contributed by atoms with E-state index in [1.165, 1.54) is 23.1 Å². The van der Waals surface area contributed by atoms with Gasteiger partial charge in [-0.2, -0.15) is 0 Å². The molecule has 0 saturated carbocycles. The second kappa shape index (κ2) is 7.85. The van der Waals surface area contributed by atoms with Crippen molar-refractivity contribution in [3.63, 3.8) is 0 Å². The van der Waals surface area contributed by atoms with Gasteiger partial charge in [0, 0.05) is 18.8 Å². The number of nitrogens with one attached hydrogen (secondary N) is 2. The van der Waals surface area contributed by atoms with Crippen molar-refractivity contribution in [1.82, 2.24) is 9.62 Å². The third kappa shape index (κ3) is 3.92. The molecule has 1 aliphatic heterocycles. The molecule has 1 heterocycles. The number of methoxy groups -OCH3 is 1. The Labute approximate surface area is 171 Å². The number of benzene rings is 1. The number of ether oxygens (including phenoxy) is 1. The summed E-state index contributed by atoms with van der Waals surface area (Å²) in [4.78, 5) is 25.6. The van der Waals surface area contributed by atoms with E-state index < -0.39 is 27.4 Å². The molecule has 2 N–H and O–H groups in total. The van der Waals surface area contributed by atoms with Gasteiger partial charge in [-0.3, -0.25) is 0 Å². The van der Waals surface area contributed by atoms with Crippen LogP contribution in [0.4, 0.5) is 15.3 Å². The maximum absolute atomic E-state index is 12.7. The Kier molecular flexibility index (Phi) is 5.42. The molecule has 1 aromatic carbocycles. The van der Waals surface area contributed by atoms with Crippen LogP contribution in [-0.2, 0) is 40.4 Å². The highest BCUT2D eigenvalue weighted by Gasteiger charge is 2.33. The molecular weight excluding hydrogens is 394 g/mol. The minimum absolute atomic E-state index is 0.272. The Morgan fingerprint density at radius 1 is 1.03 bits per heavy atom. The Morgan fingerprint density at radius 2 is 1.62 bits per heavy atom. The van der Waals surface area contributed by atoms with Crippen molar-refractivity contribution in [2.24, 2.45) is 0 Å². The van der Waals surface area contributed by atoms with E-state index in [-0.39, 0.29) is 12.8 Å². The monoisotopic (exact) mass is 421 g/mol. The number of fused-ring (bicyclic) bond motifs is 2. The van der Waals surface area contributed by atoms with Gasteiger partial charge >= 0.3 is 12.1 Å². The number of amides is 3. The molecule has 8 nitrogen and oxygen atoms in total. The van der Waals surface area contributed by atoms with Crippen LogP contribution in [-0.4, -0.2) is 50.9 Å². The number of sulfonamides is 1. The Bertz CT molecular complexity index is 904. The fourth-order valence-corrected chi connectivity index (χ4v) is 6.10. The molecule has 0 unspecified atom stereocenters. The number of aryl methyl sites for hydroxylation is 2. The maximum atomic E-state index is 12.7. The zero-order chi connectivity index (χ0) is 20.6. The minimum atomic E-state index is -3.83. The highest BCUT2D eigenvalue weighted by Crippen LogP contribution is 2.38. The first-order chi connectivity index (χ1) is 13.9. The number of hydrogen-bond donors (Lipinski definition) is 2. The van der Waals surface area contributed by atoms with Crippen molar-refractivity contribution >= 4 is 27.8 Å². The molecule has 1 fully saturated rings. The van der Waals surface area contributed by atoms with Gasteiger partial charge in [-0.15, -0.1) is 0 Å². The summed E-state index contributed by atoms with van der Waals surface area (Å²) in [5.41, 5.74) is 5.69. The van der Waals surface area contributed by atoms with Gasteiger partial charge in [0.2, 0.25) is 10.0 Å². The van der Waals surface area contributed by atoms with Crippen LogP contribution < -0.4 is 10.0 Å². The van der Waals surface area contributed by atoms with Crippen molar-refractivity contribution in [3.05, 3.63) is 28.3 Å². The first-order valence-electron chi connectivity index (χ1n) is 10.2. The van der Waals surface area contributed by atoms with E-state index >= 15 is 0 Å². The lowest BCUT2D eigenvalue weighted by Crippen LogP contribution is -2.47. The van der Waals surface area contributed by atoms with E-state index in [0.29, 0.717) is 13.1 Å². The van der Waals surface area contributed by atoms with Gasteiger partial charge in [0.15, 0.2) is 0 Å². The third-order valence-corrected chi connectivity index (χ3v) is 8.08. The Balaban J connectivity index is 1.44. The number of nitrogens with zero attached hydrogens (tertiary/aromatic N) is 1. The predicted octanol–water partition coefficient (Wildman–Crippen LogP) is 2.35. The van der Waals surface area contributed by atoms with Gasteiger partial charge in [-0.1, -0.05) is 6.07 Å². The molecule has 2 aliphatic carbocycles. The van der Waals surface area contributed by atoms with Crippen molar-refractivity contribution in [3.8, 4) is 0 Å². The molecular formula is C20H27N3O5S. The number of carbonyl (C=O) groups excluding carboxylic acids is 2. The molecule has 0 spiro atoms. The van der Waals surface area contributed by atoms with E-state index in [0.717, 1.165) is 55.3 Å². The van der Waals surface area contributed by atoms with E-state index in [2.05, 4.69) is 20.8 Å². The predicted molar refractivity (Wildman–Crippen MR) is 109 cm³/mol. The van der Waals surface area contributed by atoms with Crippen LogP contribution in [0.25, 0.3) is 0 Å². The lowest BCUT2D eigenvalue weighted by atomic mass is 9.99.